The molecule has 82 heavy (non-hydrogen) atoms. The van der Waals surface area contributed by atoms with Crippen LogP contribution < -0.4 is 5.32 Å². The summed E-state index contributed by atoms with van der Waals surface area (Å²) in [6, 6.07) is -0.907. The lowest BCUT2D eigenvalue weighted by Gasteiger charge is -2.25. The topological polar surface area (TPSA) is 105 Å². The van der Waals surface area contributed by atoms with Crippen molar-refractivity contribution in [1.82, 2.24) is 5.32 Å². The van der Waals surface area contributed by atoms with Crippen LogP contribution >= 0.6 is 7.82 Å². The number of aliphatic hydroxyl groups is 1. The predicted octanol–water partition coefficient (Wildman–Crippen LogP) is 21.4. The van der Waals surface area contributed by atoms with Gasteiger partial charge in [-0.2, -0.15) is 0 Å². The van der Waals surface area contributed by atoms with Crippen LogP contribution in [0.3, 0.4) is 0 Å². The predicted molar refractivity (Wildman–Crippen MR) is 359 cm³/mol. The van der Waals surface area contributed by atoms with Gasteiger partial charge in [0.15, 0.2) is 0 Å². The molecule has 0 aromatic heterocycles. The number of carbonyl (C=O) groups excluding carboxylic acids is 1. The Balaban J connectivity index is 4.28. The third-order valence-electron chi connectivity index (χ3n) is 14.4. The van der Waals surface area contributed by atoms with Crippen molar-refractivity contribution in [3.05, 3.63) is 134 Å². The molecule has 0 fully saturated rings. The SMILES string of the molecule is CC/C=C\C/C=C\C/C=C\C/C=C\C/C=C\C/C=C\C/C=C\C/C=C\C/C=C\CCCC(=O)NC(COP(=O)(O)OCC[N+](C)(C)C)C(O)/C=C/CC/C=C/CCCCCCCCCCCCCCCCCCCCCCCCCCC. The lowest BCUT2D eigenvalue weighted by molar-refractivity contribution is -0.870. The van der Waals surface area contributed by atoms with E-state index in [0.717, 1.165) is 83.5 Å². The van der Waals surface area contributed by atoms with Crippen molar-refractivity contribution >= 4 is 13.7 Å². The van der Waals surface area contributed by atoms with Gasteiger partial charge in [0.05, 0.1) is 39.9 Å². The molecule has 0 bridgehead atoms. The molecule has 0 radical (unpaired) electrons. The van der Waals surface area contributed by atoms with Crippen LogP contribution in [0.15, 0.2) is 134 Å². The van der Waals surface area contributed by atoms with E-state index in [1.165, 1.54) is 161 Å². The number of unbranched alkanes of at least 4 members (excludes halogenated alkanes) is 27. The number of allylic oxidation sites excluding steroid dienone is 21. The van der Waals surface area contributed by atoms with Crippen LogP contribution in [0, 0.1) is 0 Å². The van der Waals surface area contributed by atoms with Crippen molar-refractivity contribution in [2.45, 2.75) is 283 Å². The molecular formula is C73H128N2O6P+. The minimum Gasteiger partial charge on any atom is -0.387 e. The second-order valence-electron chi connectivity index (χ2n) is 23.5. The summed E-state index contributed by atoms with van der Waals surface area (Å²) in [6.07, 6.45) is 94.6. The van der Waals surface area contributed by atoms with Gasteiger partial charge in [-0.25, -0.2) is 4.57 Å². The average Bonchev–Trinajstić information content (AvgIpc) is 3.47. The Morgan fingerprint density at radius 3 is 1.12 bits per heavy atom. The van der Waals surface area contributed by atoms with Crippen molar-refractivity contribution in [2.24, 2.45) is 0 Å². The summed E-state index contributed by atoms with van der Waals surface area (Å²) in [5.41, 5.74) is 0. The van der Waals surface area contributed by atoms with Crippen LogP contribution in [-0.2, 0) is 18.4 Å². The summed E-state index contributed by atoms with van der Waals surface area (Å²) < 4.78 is 23.7. The van der Waals surface area contributed by atoms with Crippen molar-refractivity contribution < 1.29 is 32.9 Å². The van der Waals surface area contributed by atoms with Gasteiger partial charge in [0.1, 0.15) is 13.2 Å². The first-order chi connectivity index (χ1) is 40.0. The first-order valence-corrected chi connectivity index (χ1v) is 35.1. The lowest BCUT2D eigenvalue weighted by atomic mass is 10.0. The van der Waals surface area contributed by atoms with Crippen molar-refractivity contribution in [3.63, 3.8) is 0 Å². The molecule has 0 saturated carbocycles. The Hall–Kier alpha value is -3.36. The Labute approximate surface area is 506 Å². The zero-order chi connectivity index (χ0) is 59.8. The van der Waals surface area contributed by atoms with Gasteiger partial charge < -0.3 is 19.8 Å². The van der Waals surface area contributed by atoms with E-state index in [4.69, 9.17) is 9.05 Å². The highest BCUT2D eigenvalue weighted by atomic mass is 31.2. The molecule has 3 N–H and O–H groups in total. The second-order valence-corrected chi connectivity index (χ2v) is 24.9. The molecule has 3 atom stereocenters. The van der Waals surface area contributed by atoms with E-state index in [1.807, 2.05) is 27.2 Å². The minimum atomic E-state index is -4.39. The number of rotatable bonds is 60. The fraction of sp³-hybridized carbons (Fsp3) is 0.685. The molecule has 0 rings (SSSR count). The Bertz CT molecular complexity index is 1800. The van der Waals surface area contributed by atoms with Gasteiger partial charge in [-0.1, -0.05) is 302 Å². The van der Waals surface area contributed by atoms with Gasteiger partial charge in [-0.15, -0.1) is 0 Å². The molecule has 0 saturated heterocycles. The molecule has 0 aromatic rings. The molecule has 3 unspecified atom stereocenters. The summed E-state index contributed by atoms with van der Waals surface area (Å²) in [4.78, 5) is 23.4. The standard InChI is InChI=1S/C73H127N2O6P/c1-6-8-10-12-14-16-18-20-22-24-26-28-30-32-34-36-37-39-40-42-44-46-48-50-52-54-56-58-60-62-64-66-72(76)71(70-81-82(78,79)80-69-68-75(3,4)5)74-73(77)67-65-63-61-59-57-55-53-51-49-47-45-43-41-38-35-33-31-29-27-25-23-21-19-17-15-13-11-9-7-2/h9,11,15,17,21,23,27,29,33,35,41,43,47,49,53,55-56,58-59,61,64,66,71-72,76H,6-8,10,12-14,16,18-20,22,24-26,28,30-32,34,36-40,42,44-46,48,50-52,54,57,60,62-63,65,67-70H2,1-5H3,(H-,74,77,78,79)/p+1/b11-9-,17-15-,23-21-,29-27-,35-33-,43-41-,49-47-,55-53-,58-56+,61-59-,66-64+. The van der Waals surface area contributed by atoms with Crippen molar-refractivity contribution in [1.29, 1.82) is 0 Å². The fourth-order valence-corrected chi connectivity index (χ4v) is 9.91. The van der Waals surface area contributed by atoms with Crippen LogP contribution in [0.5, 0.6) is 0 Å². The van der Waals surface area contributed by atoms with Crippen LogP contribution in [0.2, 0.25) is 0 Å². The van der Waals surface area contributed by atoms with E-state index in [9.17, 15) is 19.4 Å². The first-order valence-electron chi connectivity index (χ1n) is 33.6. The third-order valence-corrected chi connectivity index (χ3v) is 15.3. The lowest BCUT2D eigenvalue weighted by Crippen LogP contribution is -2.45. The molecular weight excluding hydrogens is 1030 g/mol. The zero-order valence-corrected chi connectivity index (χ0v) is 54.6. The first kappa shape index (κ1) is 78.6. The highest BCUT2D eigenvalue weighted by Gasteiger charge is 2.27. The molecule has 0 spiro atoms. The maximum absolute atomic E-state index is 13.0. The van der Waals surface area contributed by atoms with E-state index >= 15 is 0 Å². The summed E-state index contributed by atoms with van der Waals surface area (Å²) in [7, 11) is 1.50. The van der Waals surface area contributed by atoms with Crippen LogP contribution in [0.1, 0.15) is 271 Å². The molecule has 0 heterocycles. The molecule has 9 heteroatoms. The number of amides is 1. The van der Waals surface area contributed by atoms with E-state index in [-0.39, 0.29) is 25.5 Å². The fourth-order valence-electron chi connectivity index (χ4n) is 9.18. The Kier molecular flexibility index (Phi) is 59.6. The van der Waals surface area contributed by atoms with Gasteiger partial charge in [0.2, 0.25) is 5.91 Å². The Morgan fingerprint density at radius 1 is 0.427 bits per heavy atom. The van der Waals surface area contributed by atoms with E-state index in [2.05, 4.69) is 141 Å². The number of quaternary nitrogens is 1. The number of phosphoric ester groups is 1. The summed E-state index contributed by atoms with van der Waals surface area (Å²) in [5, 5.41) is 13.9. The molecule has 470 valence electrons. The normalized spacial score (nSPS) is 14.6. The van der Waals surface area contributed by atoms with Crippen LogP contribution in [-0.4, -0.2) is 73.4 Å². The number of aliphatic hydroxyl groups excluding tert-OH is 1. The van der Waals surface area contributed by atoms with Crippen LogP contribution in [0.4, 0.5) is 0 Å². The average molecular weight is 1160 g/mol. The second kappa shape index (κ2) is 62.2. The zero-order valence-electron chi connectivity index (χ0n) is 53.7. The van der Waals surface area contributed by atoms with Gasteiger partial charge in [-0.3, -0.25) is 13.8 Å². The maximum Gasteiger partial charge on any atom is 0.472 e. The maximum atomic E-state index is 13.0. The molecule has 0 aromatic carbocycles. The number of phosphoric acid groups is 1. The van der Waals surface area contributed by atoms with Gasteiger partial charge in [-0.05, 0) is 96.3 Å². The van der Waals surface area contributed by atoms with E-state index in [1.54, 1.807) is 6.08 Å². The molecule has 0 aliphatic heterocycles. The van der Waals surface area contributed by atoms with Crippen molar-refractivity contribution in [2.75, 3.05) is 40.9 Å². The number of hydrogen-bond acceptors (Lipinski definition) is 5. The van der Waals surface area contributed by atoms with E-state index < -0.39 is 20.0 Å². The molecule has 0 aliphatic rings. The molecule has 8 nitrogen and oxygen atoms in total. The highest BCUT2D eigenvalue weighted by Crippen LogP contribution is 2.43. The largest absolute Gasteiger partial charge is 0.472 e. The molecule has 1 amide bonds. The van der Waals surface area contributed by atoms with E-state index in [0.29, 0.717) is 17.4 Å². The number of nitrogens with one attached hydrogen (secondary N) is 1. The minimum absolute atomic E-state index is 0.0377. The Morgan fingerprint density at radius 2 is 0.744 bits per heavy atom. The van der Waals surface area contributed by atoms with Gasteiger partial charge in [0.25, 0.3) is 0 Å². The van der Waals surface area contributed by atoms with Gasteiger partial charge in [0, 0.05) is 6.42 Å². The van der Waals surface area contributed by atoms with Gasteiger partial charge >= 0.3 is 7.82 Å². The number of carbonyl (C=O) groups is 1. The van der Waals surface area contributed by atoms with Crippen LogP contribution in [0.25, 0.3) is 0 Å². The summed E-state index contributed by atoms with van der Waals surface area (Å²) in [6.45, 7) is 4.65. The summed E-state index contributed by atoms with van der Waals surface area (Å²) in [5.74, 6) is -0.247. The number of hydrogen-bond donors (Lipinski definition) is 3. The smallest absolute Gasteiger partial charge is 0.387 e. The highest BCUT2D eigenvalue weighted by molar-refractivity contribution is 7.47. The summed E-state index contributed by atoms with van der Waals surface area (Å²) >= 11 is 0. The monoisotopic (exact) mass is 1160 g/mol. The number of nitrogens with zero attached hydrogens (tertiary/aromatic N) is 1. The quantitative estimate of drug-likeness (QED) is 0.0243. The van der Waals surface area contributed by atoms with Crippen molar-refractivity contribution in [3.8, 4) is 0 Å². The molecule has 0 aliphatic carbocycles. The third kappa shape index (κ3) is 64.2. The number of likely N-dealkylation sites (N-methyl/N-ethyl adjacent to an activating group) is 1.